The molecule has 0 saturated carbocycles. The SMILES string of the molecule is C1=CC=C2CCC=C2C=C1.[LiH]. The van der Waals surface area contributed by atoms with Crippen LogP contribution < -0.4 is 0 Å². The molecule has 0 fully saturated rings. The number of hydrogen-bond acceptors (Lipinski definition) is 0. The summed E-state index contributed by atoms with van der Waals surface area (Å²) in [5, 5.41) is 0. The van der Waals surface area contributed by atoms with Gasteiger partial charge in [-0.1, -0.05) is 36.5 Å². The molecule has 0 N–H and O–H groups in total. The van der Waals surface area contributed by atoms with Crippen LogP contribution in [0.4, 0.5) is 0 Å². The van der Waals surface area contributed by atoms with Crippen molar-refractivity contribution in [1.82, 2.24) is 0 Å². The molecule has 0 bridgehead atoms. The molecule has 0 atom stereocenters. The average Bonchev–Trinajstić information content (AvgIpc) is 2.28. The molecule has 0 aliphatic heterocycles. The Labute approximate surface area is 79.6 Å². The van der Waals surface area contributed by atoms with Gasteiger partial charge in [-0.2, -0.15) is 0 Å². The molecule has 0 unspecified atom stereocenters. The summed E-state index contributed by atoms with van der Waals surface area (Å²) in [5.74, 6) is 0. The standard InChI is InChI=1S/C10H10.Li.H/c1-2-5-9-7-4-8-10(9)6-3-1;;/h1-3,5-7H,4,8H2;;. The Kier molecular flexibility index (Phi) is 3.00. The van der Waals surface area contributed by atoms with E-state index in [0.717, 1.165) is 0 Å². The third-order valence-electron chi connectivity index (χ3n) is 1.94. The van der Waals surface area contributed by atoms with Crippen LogP contribution in [0.5, 0.6) is 0 Å². The first-order chi connectivity index (χ1) is 4.97. The summed E-state index contributed by atoms with van der Waals surface area (Å²) in [6.07, 6.45) is 15.4. The summed E-state index contributed by atoms with van der Waals surface area (Å²) in [6.45, 7) is 0. The molecule has 1 heteroatoms. The van der Waals surface area contributed by atoms with E-state index in [1.165, 1.54) is 24.0 Å². The van der Waals surface area contributed by atoms with Gasteiger partial charge in [0.1, 0.15) is 0 Å². The molecule has 0 aromatic carbocycles. The molecule has 2 aliphatic carbocycles. The van der Waals surface area contributed by atoms with Gasteiger partial charge in [0.05, 0.1) is 0 Å². The fraction of sp³-hybridized carbons (Fsp3) is 0.200. The van der Waals surface area contributed by atoms with Crippen LogP contribution in [0.25, 0.3) is 0 Å². The average molecular weight is 138 g/mol. The van der Waals surface area contributed by atoms with E-state index in [-0.39, 0.29) is 18.9 Å². The zero-order valence-corrected chi connectivity index (χ0v) is 5.88. The first-order valence-corrected chi connectivity index (χ1v) is 3.71. The van der Waals surface area contributed by atoms with Gasteiger partial charge in [-0.05, 0) is 24.0 Å². The van der Waals surface area contributed by atoms with Gasteiger partial charge >= 0.3 is 18.9 Å². The quantitative estimate of drug-likeness (QED) is 0.450. The van der Waals surface area contributed by atoms with Gasteiger partial charge in [-0.3, -0.25) is 0 Å². The number of hydrogen-bond donors (Lipinski definition) is 0. The van der Waals surface area contributed by atoms with E-state index in [0.29, 0.717) is 0 Å². The molecule has 0 nitrogen and oxygen atoms in total. The second-order valence-electron chi connectivity index (χ2n) is 2.63. The van der Waals surface area contributed by atoms with Crippen molar-refractivity contribution in [1.29, 1.82) is 0 Å². The first kappa shape index (κ1) is 8.65. The van der Waals surface area contributed by atoms with Crippen LogP contribution >= 0.6 is 0 Å². The molecular formula is C10H11Li. The fourth-order valence-electron chi connectivity index (χ4n) is 1.41. The van der Waals surface area contributed by atoms with Crippen LogP contribution in [0.15, 0.2) is 47.6 Å². The van der Waals surface area contributed by atoms with Crippen LogP contribution in [0.2, 0.25) is 0 Å². The van der Waals surface area contributed by atoms with Gasteiger partial charge < -0.3 is 0 Å². The normalized spacial score (nSPS) is 19.6. The second-order valence-corrected chi connectivity index (χ2v) is 2.63. The Morgan fingerprint density at radius 1 is 1.09 bits per heavy atom. The Hall–Kier alpha value is -0.443. The molecule has 0 radical (unpaired) electrons. The van der Waals surface area contributed by atoms with Crippen LogP contribution in [-0.2, 0) is 0 Å². The topological polar surface area (TPSA) is 0 Å². The van der Waals surface area contributed by atoms with E-state index in [2.05, 4.69) is 36.5 Å². The van der Waals surface area contributed by atoms with Crippen molar-refractivity contribution in [2.24, 2.45) is 0 Å². The van der Waals surface area contributed by atoms with Gasteiger partial charge in [0.25, 0.3) is 0 Å². The zero-order valence-electron chi connectivity index (χ0n) is 5.88. The van der Waals surface area contributed by atoms with Crippen molar-refractivity contribution in [3.8, 4) is 0 Å². The van der Waals surface area contributed by atoms with E-state index in [4.69, 9.17) is 0 Å². The summed E-state index contributed by atoms with van der Waals surface area (Å²) < 4.78 is 0. The van der Waals surface area contributed by atoms with Gasteiger partial charge in [0.2, 0.25) is 0 Å². The van der Waals surface area contributed by atoms with Crippen LogP contribution in [0.3, 0.4) is 0 Å². The first-order valence-electron chi connectivity index (χ1n) is 3.71. The summed E-state index contributed by atoms with van der Waals surface area (Å²) in [6, 6.07) is 0. The molecule has 0 spiro atoms. The predicted octanol–water partition coefficient (Wildman–Crippen LogP) is 2.11. The summed E-state index contributed by atoms with van der Waals surface area (Å²) in [7, 11) is 0. The molecule has 2 rings (SSSR count). The number of rotatable bonds is 0. The van der Waals surface area contributed by atoms with Crippen molar-refractivity contribution in [2.45, 2.75) is 12.8 Å². The van der Waals surface area contributed by atoms with Gasteiger partial charge in [0.15, 0.2) is 0 Å². The van der Waals surface area contributed by atoms with Crippen molar-refractivity contribution in [3.63, 3.8) is 0 Å². The maximum atomic E-state index is 2.30. The Morgan fingerprint density at radius 2 is 2.00 bits per heavy atom. The zero-order chi connectivity index (χ0) is 6.81. The van der Waals surface area contributed by atoms with Crippen molar-refractivity contribution >= 4 is 18.9 Å². The monoisotopic (exact) mass is 138 g/mol. The van der Waals surface area contributed by atoms with Crippen molar-refractivity contribution in [2.75, 3.05) is 0 Å². The van der Waals surface area contributed by atoms with Gasteiger partial charge in [-0.15, -0.1) is 0 Å². The van der Waals surface area contributed by atoms with E-state index in [9.17, 15) is 0 Å². The molecular weight excluding hydrogens is 127 g/mol. The second kappa shape index (κ2) is 3.81. The van der Waals surface area contributed by atoms with Crippen molar-refractivity contribution < 1.29 is 0 Å². The third-order valence-corrected chi connectivity index (χ3v) is 1.94. The van der Waals surface area contributed by atoms with Crippen LogP contribution in [-0.4, -0.2) is 18.9 Å². The molecule has 0 heterocycles. The van der Waals surface area contributed by atoms with Crippen LogP contribution in [0, 0.1) is 0 Å². The summed E-state index contributed by atoms with van der Waals surface area (Å²) >= 11 is 0. The number of allylic oxidation sites excluding steroid dienone is 8. The predicted molar refractivity (Wildman–Crippen MR) is 50.8 cm³/mol. The van der Waals surface area contributed by atoms with E-state index < -0.39 is 0 Å². The Morgan fingerprint density at radius 3 is 2.91 bits per heavy atom. The summed E-state index contributed by atoms with van der Waals surface area (Å²) in [4.78, 5) is 0. The van der Waals surface area contributed by atoms with E-state index >= 15 is 0 Å². The fourth-order valence-corrected chi connectivity index (χ4v) is 1.41. The molecule has 0 aromatic heterocycles. The van der Waals surface area contributed by atoms with Gasteiger partial charge in [-0.25, -0.2) is 0 Å². The molecule has 0 amide bonds. The number of fused-ring (bicyclic) bond motifs is 1. The van der Waals surface area contributed by atoms with Crippen LogP contribution in [0.1, 0.15) is 12.8 Å². The van der Waals surface area contributed by atoms with Gasteiger partial charge in [0, 0.05) is 0 Å². The minimum atomic E-state index is 0. The van der Waals surface area contributed by atoms with Crippen molar-refractivity contribution in [3.05, 3.63) is 47.6 Å². The molecule has 11 heavy (non-hydrogen) atoms. The molecule has 0 saturated heterocycles. The molecule has 2 aliphatic rings. The summed E-state index contributed by atoms with van der Waals surface area (Å²) in [5.41, 5.74) is 2.91. The maximum absolute atomic E-state index is 2.30. The van der Waals surface area contributed by atoms with E-state index in [1.54, 1.807) is 0 Å². The third kappa shape index (κ3) is 1.77. The Bertz CT molecular complexity index is 254. The minimum absolute atomic E-state index is 0. The Balaban J connectivity index is 0.000000605. The molecule has 0 aromatic rings. The van der Waals surface area contributed by atoms with E-state index in [1.807, 2.05) is 0 Å². The molecule has 52 valence electrons.